The van der Waals surface area contributed by atoms with E-state index in [-0.39, 0.29) is 17.8 Å². The predicted molar refractivity (Wildman–Crippen MR) is 107 cm³/mol. The molecular weight excluding hydrogens is 378 g/mol. The van der Waals surface area contributed by atoms with Gasteiger partial charge >= 0.3 is 0 Å². The number of primary amides is 1. The van der Waals surface area contributed by atoms with Crippen LogP contribution in [0.3, 0.4) is 0 Å². The fourth-order valence-corrected chi connectivity index (χ4v) is 7.17. The molecule has 5 aliphatic carbocycles. The SMILES string of the molecule is N#CC1(C#N)C(c2ccc(OCC(N)=O)cc2)[C@@H]1C(=O)C12CC3CC(CC(C3)C1)C2. The summed E-state index contributed by atoms with van der Waals surface area (Å²) in [4.78, 5) is 24.7. The topological polar surface area (TPSA) is 117 Å². The number of ether oxygens (including phenoxy) is 1. The molecule has 0 heterocycles. The van der Waals surface area contributed by atoms with Gasteiger partial charge in [-0.3, -0.25) is 9.59 Å². The summed E-state index contributed by atoms with van der Waals surface area (Å²) in [6.45, 7) is -0.212. The van der Waals surface area contributed by atoms with Crippen LogP contribution in [0.2, 0.25) is 0 Å². The fourth-order valence-electron chi connectivity index (χ4n) is 7.17. The number of benzene rings is 1. The molecule has 2 atom stereocenters. The monoisotopic (exact) mass is 403 g/mol. The van der Waals surface area contributed by atoms with Crippen molar-refractivity contribution in [1.82, 2.24) is 0 Å². The van der Waals surface area contributed by atoms with Gasteiger partial charge in [0.2, 0.25) is 0 Å². The molecule has 6 nitrogen and oxygen atoms in total. The van der Waals surface area contributed by atoms with Gasteiger partial charge in [-0.15, -0.1) is 0 Å². The largest absolute Gasteiger partial charge is 0.484 e. The maximum atomic E-state index is 13.8. The summed E-state index contributed by atoms with van der Waals surface area (Å²) in [5, 5.41) is 19.8. The lowest BCUT2D eigenvalue weighted by atomic mass is 9.48. The number of Topliss-reactive ketones (excluding diaryl/α,β-unsaturated/α-hetero) is 1. The molecule has 2 N–H and O–H groups in total. The van der Waals surface area contributed by atoms with Crippen LogP contribution in [0.1, 0.15) is 50.0 Å². The van der Waals surface area contributed by atoms with Gasteiger partial charge in [0.25, 0.3) is 5.91 Å². The van der Waals surface area contributed by atoms with E-state index in [1.54, 1.807) is 24.3 Å². The highest BCUT2D eigenvalue weighted by molar-refractivity contribution is 5.94. The first kappa shape index (κ1) is 19.1. The fraction of sp³-hybridized carbons (Fsp3) is 0.583. The number of carbonyl (C=O) groups excluding carboxylic acids is 2. The molecule has 0 spiro atoms. The summed E-state index contributed by atoms with van der Waals surface area (Å²) in [7, 11) is 0. The molecule has 5 saturated carbocycles. The number of nitrogens with zero attached hydrogens (tertiary/aromatic N) is 2. The minimum Gasteiger partial charge on any atom is -0.484 e. The third kappa shape index (κ3) is 2.74. The Morgan fingerprint density at radius 1 is 1.00 bits per heavy atom. The summed E-state index contributed by atoms with van der Waals surface area (Å²) in [6.07, 6.45) is 6.55. The Bertz CT molecular complexity index is 935. The van der Waals surface area contributed by atoms with E-state index in [1.165, 1.54) is 19.3 Å². The Kier molecular flexibility index (Phi) is 4.19. The molecule has 30 heavy (non-hydrogen) atoms. The second kappa shape index (κ2) is 6.57. The van der Waals surface area contributed by atoms with Crippen LogP contribution in [-0.4, -0.2) is 18.3 Å². The zero-order chi connectivity index (χ0) is 21.1. The number of nitrogens with two attached hydrogens (primary N) is 1. The lowest BCUT2D eigenvalue weighted by molar-refractivity contribution is -0.145. The molecule has 5 fully saturated rings. The van der Waals surface area contributed by atoms with Crippen molar-refractivity contribution >= 4 is 11.7 Å². The van der Waals surface area contributed by atoms with Crippen LogP contribution in [0.15, 0.2) is 24.3 Å². The molecule has 1 aromatic carbocycles. The maximum absolute atomic E-state index is 13.8. The van der Waals surface area contributed by atoms with E-state index in [1.807, 2.05) is 0 Å². The molecule has 1 aromatic rings. The molecule has 6 rings (SSSR count). The third-order valence-corrected chi connectivity index (χ3v) is 8.04. The van der Waals surface area contributed by atoms with Gasteiger partial charge in [-0.1, -0.05) is 12.1 Å². The summed E-state index contributed by atoms with van der Waals surface area (Å²) >= 11 is 0. The molecule has 0 radical (unpaired) electrons. The van der Waals surface area contributed by atoms with Gasteiger partial charge in [-0.25, -0.2) is 0 Å². The Balaban J connectivity index is 1.41. The number of amides is 1. The van der Waals surface area contributed by atoms with Gasteiger partial charge in [-0.05, 0) is 74.0 Å². The van der Waals surface area contributed by atoms with Crippen molar-refractivity contribution in [3.05, 3.63) is 29.8 Å². The van der Waals surface area contributed by atoms with E-state index in [4.69, 9.17) is 10.5 Å². The number of rotatable bonds is 6. The average Bonchev–Trinajstić information content (AvgIpc) is 3.40. The minimum atomic E-state index is -1.28. The average molecular weight is 403 g/mol. The van der Waals surface area contributed by atoms with Crippen LogP contribution in [-0.2, 0) is 9.59 Å². The van der Waals surface area contributed by atoms with E-state index >= 15 is 0 Å². The lowest BCUT2D eigenvalue weighted by Gasteiger charge is -2.56. The van der Waals surface area contributed by atoms with Gasteiger partial charge in [0.1, 0.15) is 11.5 Å². The number of carbonyl (C=O) groups is 2. The first-order valence-corrected chi connectivity index (χ1v) is 10.8. The highest BCUT2D eigenvalue weighted by Gasteiger charge is 2.73. The molecule has 0 aromatic heterocycles. The highest BCUT2D eigenvalue weighted by atomic mass is 16.5. The van der Waals surface area contributed by atoms with Crippen molar-refractivity contribution in [1.29, 1.82) is 10.5 Å². The van der Waals surface area contributed by atoms with Crippen molar-refractivity contribution in [2.24, 2.45) is 40.2 Å². The molecule has 5 aliphatic rings. The van der Waals surface area contributed by atoms with Crippen LogP contribution in [0, 0.1) is 57.2 Å². The number of hydrogen-bond donors (Lipinski definition) is 1. The molecule has 1 unspecified atom stereocenters. The van der Waals surface area contributed by atoms with Crippen molar-refractivity contribution in [2.45, 2.75) is 44.4 Å². The van der Waals surface area contributed by atoms with Crippen LogP contribution < -0.4 is 10.5 Å². The van der Waals surface area contributed by atoms with Crippen LogP contribution in [0.25, 0.3) is 0 Å². The highest BCUT2D eigenvalue weighted by Crippen LogP contribution is 2.70. The van der Waals surface area contributed by atoms with E-state index in [0.717, 1.165) is 24.8 Å². The first-order chi connectivity index (χ1) is 14.4. The molecule has 1 amide bonds. The van der Waals surface area contributed by atoms with Gasteiger partial charge in [0, 0.05) is 11.3 Å². The van der Waals surface area contributed by atoms with Gasteiger partial charge < -0.3 is 10.5 Å². The maximum Gasteiger partial charge on any atom is 0.255 e. The van der Waals surface area contributed by atoms with Crippen molar-refractivity contribution in [2.75, 3.05) is 6.61 Å². The van der Waals surface area contributed by atoms with E-state index < -0.39 is 23.2 Å². The molecule has 154 valence electrons. The summed E-state index contributed by atoms with van der Waals surface area (Å²) in [5.74, 6) is 1.04. The smallest absolute Gasteiger partial charge is 0.255 e. The summed E-state index contributed by atoms with van der Waals surface area (Å²) < 4.78 is 5.29. The standard InChI is InChI=1S/C24H25N3O3/c25-12-24(13-26)20(17-1-3-18(4-2-17)30-11-19(27)28)21(24)22(29)23-8-14-5-15(9-23)7-16(6-14)10-23/h1-4,14-16,20-21H,5-11H2,(H2,27,28)/t14?,15?,16?,20?,21-,23?/m1/s1. The molecule has 0 aliphatic heterocycles. The molecule has 0 saturated heterocycles. The lowest BCUT2D eigenvalue weighted by Crippen LogP contribution is -2.50. The quantitative estimate of drug-likeness (QED) is 0.783. The van der Waals surface area contributed by atoms with E-state index in [2.05, 4.69) is 12.1 Å². The Morgan fingerprint density at radius 2 is 1.53 bits per heavy atom. The number of nitriles is 2. The first-order valence-electron chi connectivity index (χ1n) is 10.8. The minimum absolute atomic E-state index is 0.156. The van der Waals surface area contributed by atoms with Crippen LogP contribution in [0.5, 0.6) is 5.75 Å². The second-order valence-corrected chi connectivity index (χ2v) is 9.93. The zero-order valence-electron chi connectivity index (χ0n) is 16.8. The molecule has 6 heteroatoms. The van der Waals surface area contributed by atoms with E-state index in [9.17, 15) is 20.1 Å². The van der Waals surface area contributed by atoms with E-state index in [0.29, 0.717) is 23.5 Å². The Labute approximate surface area is 176 Å². The third-order valence-electron chi connectivity index (χ3n) is 8.04. The van der Waals surface area contributed by atoms with Crippen molar-refractivity contribution in [3.63, 3.8) is 0 Å². The Morgan fingerprint density at radius 3 is 2.00 bits per heavy atom. The number of ketones is 1. The zero-order valence-corrected chi connectivity index (χ0v) is 16.8. The van der Waals surface area contributed by atoms with Gasteiger partial charge in [0.15, 0.2) is 12.0 Å². The van der Waals surface area contributed by atoms with Crippen LogP contribution in [0.4, 0.5) is 0 Å². The summed E-state index contributed by atoms with van der Waals surface area (Å²) in [6, 6.07) is 11.4. The summed E-state index contributed by atoms with van der Waals surface area (Å²) in [5.41, 5.74) is 4.30. The predicted octanol–water partition coefficient (Wildman–Crippen LogP) is 3.08. The normalized spacial score (nSPS) is 37.1. The van der Waals surface area contributed by atoms with Crippen molar-refractivity contribution < 1.29 is 14.3 Å². The molecule has 4 bridgehead atoms. The Hall–Kier alpha value is -2.86. The van der Waals surface area contributed by atoms with Gasteiger partial charge in [-0.2, -0.15) is 10.5 Å². The second-order valence-electron chi connectivity index (χ2n) is 9.93. The van der Waals surface area contributed by atoms with Crippen LogP contribution >= 0.6 is 0 Å². The number of hydrogen-bond acceptors (Lipinski definition) is 5. The molecular formula is C24H25N3O3. The van der Waals surface area contributed by atoms with Crippen molar-refractivity contribution in [3.8, 4) is 17.9 Å². The van der Waals surface area contributed by atoms with Gasteiger partial charge in [0.05, 0.1) is 18.1 Å².